The summed E-state index contributed by atoms with van der Waals surface area (Å²) in [6.07, 6.45) is 0.0645. The molecule has 2 rings (SSSR count). The van der Waals surface area contributed by atoms with Crippen LogP contribution in [0.1, 0.15) is 17.2 Å². The molecule has 0 radical (unpaired) electrons. The SMILES string of the molecule is COc1ccccc1C(O)CNCCc1ccc(OC)c(OC)c1Cl. The third kappa shape index (κ3) is 4.78. The van der Waals surface area contributed by atoms with Gasteiger partial charge in [-0.15, -0.1) is 0 Å². The molecule has 2 aromatic carbocycles. The Balaban J connectivity index is 1.91. The number of hydrogen-bond donors (Lipinski definition) is 2. The smallest absolute Gasteiger partial charge is 0.179 e. The highest BCUT2D eigenvalue weighted by Gasteiger charge is 2.14. The molecule has 0 aliphatic heterocycles. The highest BCUT2D eigenvalue weighted by Crippen LogP contribution is 2.37. The van der Waals surface area contributed by atoms with Crippen molar-refractivity contribution in [1.29, 1.82) is 0 Å². The number of hydrogen-bond acceptors (Lipinski definition) is 5. The number of benzene rings is 2. The quantitative estimate of drug-likeness (QED) is 0.668. The second kappa shape index (κ2) is 9.51. The lowest BCUT2D eigenvalue weighted by Gasteiger charge is -2.16. The Morgan fingerprint density at radius 3 is 2.40 bits per heavy atom. The topological polar surface area (TPSA) is 60.0 Å². The molecular formula is C19H24ClNO4. The normalized spacial score (nSPS) is 11.9. The number of methoxy groups -OCH3 is 3. The number of para-hydroxylation sites is 1. The molecule has 0 saturated heterocycles. The summed E-state index contributed by atoms with van der Waals surface area (Å²) in [5.74, 6) is 1.83. The molecule has 2 N–H and O–H groups in total. The van der Waals surface area contributed by atoms with E-state index >= 15 is 0 Å². The van der Waals surface area contributed by atoms with Gasteiger partial charge in [-0.25, -0.2) is 0 Å². The van der Waals surface area contributed by atoms with Crippen molar-refractivity contribution in [3.05, 3.63) is 52.5 Å². The molecule has 0 amide bonds. The minimum Gasteiger partial charge on any atom is -0.496 e. The second-order valence-electron chi connectivity index (χ2n) is 5.49. The van der Waals surface area contributed by atoms with Crippen LogP contribution >= 0.6 is 11.6 Å². The van der Waals surface area contributed by atoms with Crippen LogP contribution in [0, 0.1) is 0 Å². The van der Waals surface area contributed by atoms with E-state index in [9.17, 15) is 5.11 Å². The zero-order valence-corrected chi connectivity index (χ0v) is 15.5. The van der Waals surface area contributed by atoms with Crippen LogP contribution in [0.15, 0.2) is 36.4 Å². The number of ether oxygens (including phenoxy) is 3. The largest absolute Gasteiger partial charge is 0.496 e. The van der Waals surface area contributed by atoms with Gasteiger partial charge in [0.2, 0.25) is 0 Å². The monoisotopic (exact) mass is 365 g/mol. The van der Waals surface area contributed by atoms with Crippen LogP contribution in [0.2, 0.25) is 5.02 Å². The lowest BCUT2D eigenvalue weighted by Crippen LogP contribution is -2.24. The Kier molecular flexibility index (Phi) is 7.37. The molecule has 1 unspecified atom stereocenters. The first-order chi connectivity index (χ1) is 12.1. The van der Waals surface area contributed by atoms with Crippen molar-refractivity contribution in [3.63, 3.8) is 0 Å². The Morgan fingerprint density at radius 2 is 1.72 bits per heavy atom. The third-order valence-electron chi connectivity index (χ3n) is 3.97. The molecule has 5 nitrogen and oxygen atoms in total. The summed E-state index contributed by atoms with van der Waals surface area (Å²) in [6.45, 7) is 1.09. The molecule has 0 aliphatic rings. The molecule has 0 spiro atoms. The van der Waals surface area contributed by atoms with Crippen LogP contribution < -0.4 is 19.5 Å². The molecule has 0 saturated carbocycles. The molecule has 25 heavy (non-hydrogen) atoms. The summed E-state index contributed by atoms with van der Waals surface area (Å²) < 4.78 is 15.8. The summed E-state index contributed by atoms with van der Waals surface area (Å²) in [6, 6.07) is 11.2. The highest BCUT2D eigenvalue weighted by molar-refractivity contribution is 6.33. The van der Waals surface area contributed by atoms with Crippen LogP contribution in [0.3, 0.4) is 0 Å². The van der Waals surface area contributed by atoms with Gasteiger partial charge in [0.05, 0.1) is 32.5 Å². The lowest BCUT2D eigenvalue weighted by atomic mass is 10.1. The van der Waals surface area contributed by atoms with Crippen LogP contribution in [0.5, 0.6) is 17.2 Å². The Labute approximate surface area is 153 Å². The molecular weight excluding hydrogens is 342 g/mol. The molecule has 0 bridgehead atoms. The zero-order valence-electron chi connectivity index (χ0n) is 14.7. The van der Waals surface area contributed by atoms with Gasteiger partial charge >= 0.3 is 0 Å². The van der Waals surface area contributed by atoms with Gasteiger partial charge in [0, 0.05) is 12.1 Å². The Morgan fingerprint density at radius 1 is 1.00 bits per heavy atom. The average molecular weight is 366 g/mol. The molecule has 0 aliphatic carbocycles. The van der Waals surface area contributed by atoms with E-state index in [4.69, 9.17) is 25.8 Å². The van der Waals surface area contributed by atoms with Crippen molar-refractivity contribution in [3.8, 4) is 17.2 Å². The van der Waals surface area contributed by atoms with E-state index in [1.54, 1.807) is 21.3 Å². The van der Waals surface area contributed by atoms with E-state index in [1.807, 2.05) is 36.4 Å². The number of aliphatic hydroxyl groups excluding tert-OH is 1. The standard InChI is InChI=1S/C19H24ClNO4/c1-23-16-7-5-4-6-14(16)15(22)12-21-11-10-13-8-9-17(24-2)19(25-3)18(13)20/h4-9,15,21-22H,10-12H2,1-3H3. The van der Waals surface area contributed by atoms with Crippen LogP contribution in [-0.2, 0) is 6.42 Å². The van der Waals surface area contributed by atoms with Crippen LogP contribution in [0.4, 0.5) is 0 Å². The molecule has 6 heteroatoms. The Bertz CT molecular complexity index is 693. The Hall–Kier alpha value is -1.95. The molecule has 2 aromatic rings. The summed E-state index contributed by atoms with van der Waals surface area (Å²) in [5, 5.41) is 14.1. The second-order valence-corrected chi connectivity index (χ2v) is 5.86. The van der Waals surface area contributed by atoms with E-state index in [-0.39, 0.29) is 0 Å². The molecule has 0 fully saturated rings. The van der Waals surface area contributed by atoms with Crippen LogP contribution in [-0.4, -0.2) is 39.5 Å². The van der Waals surface area contributed by atoms with Gasteiger partial charge in [0.15, 0.2) is 11.5 Å². The summed E-state index contributed by atoms with van der Waals surface area (Å²) >= 11 is 6.37. The van der Waals surface area contributed by atoms with Crippen molar-refractivity contribution in [2.45, 2.75) is 12.5 Å². The van der Waals surface area contributed by atoms with Crippen molar-refractivity contribution >= 4 is 11.6 Å². The number of aliphatic hydroxyl groups is 1. The molecule has 0 aromatic heterocycles. The fourth-order valence-corrected chi connectivity index (χ4v) is 2.96. The van der Waals surface area contributed by atoms with E-state index in [0.29, 0.717) is 41.8 Å². The fourth-order valence-electron chi connectivity index (χ4n) is 2.64. The minimum atomic E-state index is -0.642. The van der Waals surface area contributed by atoms with Crippen molar-refractivity contribution in [2.75, 3.05) is 34.4 Å². The molecule has 0 heterocycles. The maximum Gasteiger partial charge on any atom is 0.179 e. The molecule has 1 atom stereocenters. The zero-order chi connectivity index (χ0) is 18.2. The first-order valence-corrected chi connectivity index (χ1v) is 8.41. The van der Waals surface area contributed by atoms with Crippen molar-refractivity contribution < 1.29 is 19.3 Å². The number of rotatable bonds is 9. The van der Waals surface area contributed by atoms with E-state index < -0.39 is 6.10 Å². The van der Waals surface area contributed by atoms with Gasteiger partial charge in [-0.1, -0.05) is 35.9 Å². The first-order valence-electron chi connectivity index (χ1n) is 8.03. The van der Waals surface area contributed by atoms with E-state index in [2.05, 4.69) is 5.32 Å². The van der Waals surface area contributed by atoms with Gasteiger partial charge in [0.1, 0.15) is 5.75 Å². The van der Waals surface area contributed by atoms with E-state index in [1.165, 1.54) is 0 Å². The van der Waals surface area contributed by atoms with Gasteiger partial charge in [-0.05, 0) is 30.7 Å². The lowest BCUT2D eigenvalue weighted by molar-refractivity contribution is 0.171. The number of halogens is 1. The van der Waals surface area contributed by atoms with Crippen LogP contribution in [0.25, 0.3) is 0 Å². The predicted octanol–water partition coefficient (Wildman–Crippen LogP) is 3.23. The van der Waals surface area contributed by atoms with Crippen molar-refractivity contribution in [1.82, 2.24) is 5.32 Å². The summed E-state index contributed by atoms with van der Waals surface area (Å²) in [7, 11) is 4.74. The number of nitrogens with one attached hydrogen (secondary N) is 1. The molecule has 136 valence electrons. The fraction of sp³-hybridized carbons (Fsp3) is 0.368. The summed E-state index contributed by atoms with van der Waals surface area (Å²) in [4.78, 5) is 0. The van der Waals surface area contributed by atoms with Gasteiger partial charge in [-0.3, -0.25) is 0 Å². The first kappa shape index (κ1) is 19.4. The van der Waals surface area contributed by atoms with Crippen molar-refractivity contribution in [2.24, 2.45) is 0 Å². The maximum atomic E-state index is 10.3. The van der Waals surface area contributed by atoms with Gasteiger partial charge < -0.3 is 24.6 Å². The van der Waals surface area contributed by atoms with E-state index in [0.717, 1.165) is 11.1 Å². The predicted molar refractivity (Wildman–Crippen MR) is 99.1 cm³/mol. The average Bonchev–Trinajstić information content (AvgIpc) is 2.65. The van der Waals surface area contributed by atoms with Gasteiger partial charge in [-0.2, -0.15) is 0 Å². The highest BCUT2D eigenvalue weighted by atomic mass is 35.5. The van der Waals surface area contributed by atoms with Gasteiger partial charge in [0.25, 0.3) is 0 Å². The minimum absolute atomic E-state index is 0.422. The third-order valence-corrected chi connectivity index (χ3v) is 4.39. The summed E-state index contributed by atoms with van der Waals surface area (Å²) in [5.41, 5.74) is 1.72. The maximum absolute atomic E-state index is 10.3.